The molecule has 1 N–H and O–H groups in total. The number of amides is 1. The molecule has 2 aliphatic heterocycles. The summed E-state index contributed by atoms with van der Waals surface area (Å²) in [5.41, 5.74) is 0.734. The molecule has 104 valence electrons. The molecular formula is C13H18N2O3S. The first-order valence-electron chi connectivity index (χ1n) is 6.57. The number of carbonyl (C=O) groups excluding carboxylic acids is 1. The molecule has 0 radical (unpaired) electrons. The van der Waals surface area contributed by atoms with Crippen molar-refractivity contribution < 1.29 is 14.3 Å². The summed E-state index contributed by atoms with van der Waals surface area (Å²) in [4.78, 5) is 14.4. The number of thiophene rings is 1. The van der Waals surface area contributed by atoms with Crippen LogP contribution in [-0.4, -0.2) is 62.4 Å². The van der Waals surface area contributed by atoms with Gasteiger partial charge in [0.05, 0.1) is 38.5 Å². The maximum atomic E-state index is 12.1. The Morgan fingerprint density at radius 3 is 2.89 bits per heavy atom. The van der Waals surface area contributed by atoms with Crippen LogP contribution in [0.2, 0.25) is 0 Å². The normalized spacial score (nSPS) is 28.4. The number of hydrogen-bond acceptors (Lipinski definition) is 5. The number of rotatable bonds is 3. The lowest BCUT2D eigenvalue weighted by molar-refractivity contribution is 0.0108. The van der Waals surface area contributed by atoms with E-state index < -0.39 is 0 Å². The van der Waals surface area contributed by atoms with E-state index in [0.29, 0.717) is 13.2 Å². The molecule has 0 unspecified atom stereocenters. The van der Waals surface area contributed by atoms with E-state index in [0.717, 1.165) is 31.9 Å². The first kappa shape index (κ1) is 13.1. The summed E-state index contributed by atoms with van der Waals surface area (Å²) in [6.07, 6.45) is 0. The van der Waals surface area contributed by atoms with Gasteiger partial charge in [0.1, 0.15) is 0 Å². The molecule has 0 saturated carbocycles. The van der Waals surface area contributed by atoms with E-state index in [1.165, 1.54) is 11.3 Å². The first-order chi connectivity index (χ1) is 9.34. The molecule has 3 heterocycles. The van der Waals surface area contributed by atoms with Gasteiger partial charge in [0, 0.05) is 24.0 Å². The molecule has 0 spiro atoms. The number of nitrogens with zero attached hydrogens (tertiary/aromatic N) is 1. The Labute approximate surface area is 116 Å². The van der Waals surface area contributed by atoms with Crippen molar-refractivity contribution in [3.8, 4) is 0 Å². The quantitative estimate of drug-likeness (QED) is 0.881. The van der Waals surface area contributed by atoms with Gasteiger partial charge in [-0.2, -0.15) is 11.3 Å². The smallest absolute Gasteiger partial charge is 0.252 e. The molecule has 2 aliphatic rings. The minimum absolute atomic E-state index is 0.00462. The zero-order valence-corrected chi connectivity index (χ0v) is 11.5. The van der Waals surface area contributed by atoms with Crippen molar-refractivity contribution in [1.29, 1.82) is 0 Å². The average Bonchev–Trinajstić information content (AvgIpc) is 3.11. The van der Waals surface area contributed by atoms with Crippen LogP contribution in [0.15, 0.2) is 16.8 Å². The van der Waals surface area contributed by atoms with Gasteiger partial charge in [0.15, 0.2) is 0 Å². The van der Waals surface area contributed by atoms with Crippen LogP contribution in [0.25, 0.3) is 0 Å². The number of carbonyl (C=O) groups is 1. The SMILES string of the molecule is O=C(N[C@H]1COC[C@@H]1N1CCOCC1)c1ccsc1. The summed E-state index contributed by atoms with van der Waals surface area (Å²) in [6.45, 7) is 4.65. The predicted molar refractivity (Wildman–Crippen MR) is 72.6 cm³/mol. The number of nitrogens with one attached hydrogen (secondary N) is 1. The van der Waals surface area contributed by atoms with Crippen molar-refractivity contribution in [3.63, 3.8) is 0 Å². The van der Waals surface area contributed by atoms with Gasteiger partial charge in [0.2, 0.25) is 0 Å². The molecule has 3 rings (SSSR count). The number of morpholine rings is 1. The number of ether oxygens (including phenoxy) is 2. The van der Waals surface area contributed by atoms with Crippen molar-refractivity contribution >= 4 is 17.2 Å². The van der Waals surface area contributed by atoms with Gasteiger partial charge in [-0.05, 0) is 11.4 Å². The molecule has 0 bridgehead atoms. The summed E-state index contributed by atoms with van der Waals surface area (Å²) < 4.78 is 10.9. The topological polar surface area (TPSA) is 50.8 Å². The van der Waals surface area contributed by atoms with Crippen LogP contribution in [0.5, 0.6) is 0 Å². The van der Waals surface area contributed by atoms with E-state index in [1.807, 2.05) is 16.8 Å². The van der Waals surface area contributed by atoms with Crippen molar-refractivity contribution in [1.82, 2.24) is 10.2 Å². The van der Waals surface area contributed by atoms with E-state index >= 15 is 0 Å². The fourth-order valence-corrected chi connectivity index (χ4v) is 3.23. The molecule has 1 aromatic rings. The van der Waals surface area contributed by atoms with E-state index in [9.17, 15) is 4.79 Å². The third kappa shape index (κ3) is 2.97. The highest BCUT2D eigenvalue weighted by atomic mass is 32.1. The van der Waals surface area contributed by atoms with Gasteiger partial charge >= 0.3 is 0 Å². The molecule has 0 aromatic carbocycles. The standard InChI is InChI=1S/C13H18N2O3S/c16-13(10-1-6-19-9-10)14-11-7-18-8-12(11)15-2-4-17-5-3-15/h1,6,9,11-12H,2-5,7-8H2,(H,14,16)/t11-,12-/m0/s1. The third-order valence-electron chi connectivity index (χ3n) is 3.67. The van der Waals surface area contributed by atoms with Gasteiger partial charge in [-0.1, -0.05) is 0 Å². The average molecular weight is 282 g/mol. The van der Waals surface area contributed by atoms with E-state index in [-0.39, 0.29) is 18.0 Å². The van der Waals surface area contributed by atoms with E-state index in [2.05, 4.69) is 10.2 Å². The molecule has 0 aliphatic carbocycles. The second kappa shape index (κ2) is 6.00. The highest BCUT2D eigenvalue weighted by Gasteiger charge is 2.34. The second-order valence-electron chi connectivity index (χ2n) is 4.85. The second-order valence-corrected chi connectivity index (χ2v) is 5.63. The molecule has 2 saturated heterocycles. The fourth-order valence-electron chi connectivity index (χ4n) is 2.60. The molecule has 2 fully saturated rings. The molecule has 6 heteroatoms. The highest BCUT2D eigenvalue weighted by molar-refractivity contribution is 7.08. The molecule has 19 heavy (non-hydrogen) atoms. The van der Waals surface area contributed by atoms with Gasteiger partial charge in [-0.3, -0.25) is 9.69 Å². The Kier molecular flexibility index (Phi) is 4.12. The molecule has 2 atom stereocenters. The highest BCUT2D eigenvalue weighted by Crippen LogP contribution is 2.16. The van der Waals surface area contributed by atoms with Crippen molar-refractivity contribution in [3.05, 3.63) is 22.4 Å². The van der Waals surface area contributed by atoms with Crippen LogP contribution in [0.3, 0.4) is 0 Å². The summed E-state index contributed by atoms with van der Waals surface area (Å²) in [5, 5.41) is 6.88. The van der Waals surface area contributed by atoms with Gasteiger partial charge in [0.25, 0.3) is 5.91 Å². The summed E-state index contributed by atoms with van der Waals surface area (Å²) in [7, 11) is 0. The fraction of sp³-hybridized carbons (Fsp3) is 0.615. The Morgan fingerprint density at radius 1 is 1.32 bits per heavy atom. The van der Waals surface area contributed by atoms with Crippen LogP contribution < -0.4 is 5.32 Å². The van der Waals surface area contributed by atoms with Crippen molar-refractivity contribution in [2.75, 3.05) is 39.5 Å². The van der Waals surface area contributed by atoms with Crippen LogP contribution in [0.4, 0.5) is 0 Å². The summed E-state index contributed by atoms with van der Waals surface area (Å²) in [6, 6.07) is 2.19. The number of hydrogen-bond donors (Lipinski definition) is 1. The molecule has 5 nitrogen and oxygen atoms in total. The molecule has 1 amide bonds. The van der Waals surface area contributed by atoms with Gasteiger partial charge in [-0.25, -0.2) is 0 Å². The maximum absolute atomic E-state index is 12.1. The predicted octanol–water partition coefficient (Wildman–Crippen LogP) is 0.578. The first-order valence-corrected chi connectivity index (χ1v) is 7.51. The monoisotopic (exact) mass is 282 g/mol. The lowest BCUT2D eigenvalue weighted by Crippen LogP contribution is -2.54. The molecular weight excluding hydrogens is 264 g/mol. The molecule has 1 aromatic heterocycles. The lowest BCUT2D eigenvalue weighted by Gasteiger charge is -2.34. The Hall–Kier alpha value is -0.950. The van der Waals surface area contributed by atoms with Crippen LogP contribution in [0, 0.1) is 0 Å². The van der Waals surface area contributed by atoms with Gasteiger partial charge in [-0.15, -0.1) is 0 Å². The zero-order valence-electron chi connectivity index (χ0n) is 10.7. The van der Waals surface area contributed by atoms with Crippen LogP contribution >= 0.6 is 11.3 Å². The van der Waals surface area contributed by atoms with Crippen LogP contribution in [-0.2, 0) is 9.47 Å². The summed E-state index contributed by atoms with van der Waals surface area (Å²) in [5.74, 6) is -0.00462. The Morgan fingerprint density at radius 2 is 2.16 bits per heavy atom. The summed E-state index contributed by atoms with van der Waals surface area (Å²) >= 11 is 1.54. The van der Waals surface area contributed by atoms with E-state index in [1.54, 1.807) is 0 Å². The van der Waals surface area contributed by atoms with Crippen LogP contribution in [0.1, 0.15) is 10.4 Å². The Balaban J connectivity index is 1.61. The Bertz CT molecular complexity index is 418. The maximum Gasteiger partial charge on any atom is 0.252 e. The minimum Gasteiger partial charge on any atom is -0.379 e. The van der Waals surface area contributed by atoms with Crippen molar-refractivity contribution in [2.24, 2.45) is 0 Å². The third-order valence-corrected chi connectivity index (χ3v) is 4.35. The van der Waals surface area contributed by atoms with E-state index in [4.69, 9.17) is 9.47 Å². The largest absolute Gasteiger partial charge is 0.379 e. The minimum atomic E-state index is -0.00462. The van der Waals surface area contributed by atoms with Gasteiger partial charge < -0.3 is 14.8 Å². The van der Waals surface area contributed by atoms with Crippen molar-refractivity contribution in [2.45, 2.75) is 12.1 Å². The lowest BCUT2D eigenvalue weighted by atomic mass is 10.1. The zero-order chi connectivity index (χ0) is 13.1.